The average molecular weight is 200 g/mol. The molecule has 1 aliphatic rings. The molecule has 5 heteroatoms. The minimum Gasteiger partial charge on any atom is -0.480 e. The molecule has 1 amide bonds. The standard InChI is InChI=1S/C9H16N2O3/c1-6(8(10)12)5-11-4-2-3-7(11)9(13)14/h6-7H,2-5H2,1H3,(H2,10,12)(H,13,14). The molecule has 1 saturated heterocycles. The van der Waals surface area contributed by atoms with Gasteiger partial charge in [-0.1, -0.05) is 6.92 Å². The SMILES string of the molecule is CC(CN1CCCC1C(=O)O)C(N)=O. The number of hydrogen-bond acceptors (Lipinski definition) is 3. The fourth-order valence-electron chi connectivity index (χ4n) is 1.77. The molecule has 14 heavy (non-hydrogen) atoms. The molecule has 0 saturated carbocycles. The monoisotopic (exact) mass is 200 g/mol. The summed E-state index contributed by atoms with van der Waals surface area (Å²) in [6, 6.07) is -0.434. The first-order chi connectivity index (χ1) is 6.52. The van der Waals surface area contributed by atoms with Gasteiger partial charge >= 0.3 is 5.97 Å². The number of aliphatic carboxylic acids is 1. The van der Waals surface area contributed by atoms with Gasteiger partial charge in [-0.3, -0.25) is 14.5 Å². The Bertz CT molecular complexity index is 242. The van der Waals surface area contributed by atoms with Crippen molar-refractivity contribution >= 4 is 11.9 Å². The molecule has 0 aromatic carbocycles. The van der Waals surface area contributed by atoms with Gasteiger partial charge in [-0.05, 0) is 19.4 Å². The zero-order chi connectivity index (χ0) is 10.7. The van der Waals surface area contributed by atoms with Crippen molar-refractivity contribution in [3.63, 3.8) is 0 Å². The molecule has 3 N–H and O–H groups in total. The number of nitrogens with two attached hydrogens (primary N) is 1. The summed E-state index contributed by atoms with van der Waals surface area (Å²) < 4.78 is 0. The number of amides is 1. The third kappa shape index (κ3) is 2.45. The normalized spacial score (nSPS) is 24.8. The number of rotatable bonds is 4. The van der Waals surface area contributed by atoms with E-state index >= 15 is 0 Å². The zero-order valence-corrected chi connectivity index (χ0v) is 8.27. The van der Waals surface area contributed by atoms with Gasteiger partial charge in [0.2, 0.25) is 5.91 Å². The van der Waals surface area contributed by atoms with Crippen molar-refractivity contribution in [2.75, 3.05) is 13.1 Å². The quantitative estimate of drug-likeness (QED) is 0.650. The molecule has 2 unspecified atom stereocenters. The van der Waals surface area contributed by atoms with E-state index in [1.807, 2.05) is 4.90 Å². The van der Waals surface area contributed by atoms with Crippen LogP contribution in [0.25, 0.3) is 0 Å². The Morgan fingerprint density at radius 2 is 2.29 bits per heavy atom. The van der Waals surface area contributed by atoms with E-state index in [1.165, 1.54) is 0 Å². The molecule has 0 aliphatic carbocycles. The van der Waals surface area contributed by atoms with E-state index < -0.39 is 12.0 Å². The van der Waals surface area contributed by atoms with Gasteiger partial charge in [0.25, 0.3) is 0 Å². The topological polar surface area (TPSA) is 83.6 Å². The second-order valence-electron chi connectivity index (χ2n) is 3.79. The molecule has 0 spiro atoms. The number of primary amides is 1. The van der Waals surface area contributed by atoms with Crippen LogP contribution in [0.15, 0.2) is 0 Å². The first-order valence-corrected chi connectivity index (χ1v) is 4.78. The van der Waals surface area contributed by atoms with E-state index in [-0.39, 0.29) is 11.8 Å². The Morgan fingerprint density at radius 3 is 2.79 bits per heavy atom. The van der Waals surface area contributed by atoms with E-state index in [4.69, 9.17) is 10.8 Å². The summed E-state index contributed by atoms with van der Waals surface area (Å²) >= 11 is 0. The lowest BCUT2D eigenvalue weighted by atomic mass is 10.1. The summed E-state index contributed by atoms with van der Waals surface area (Å²) in [6.07, 6.45) is 1.54. The maximum Gasteiger partial charge on any atom is 0.320 e. The molecule has 1 fully saturated rings. The molecule has 0 bridgehead atoms. The second kappa shape index (κ2) is 4.41. The van der Waals surface area contributed by atoms with E-state index in [2.05, 4.69) is 0 Å². The fraction of sp³-hybridized carbons (Fsp3) is 0.778. The Kier molecular flexibility index (Phi) is 3.46. The highest BCUT2D eigenvalue weighted by atomic mass is 16.4. The molecule has 0 radical (unpaired) electrons. The first-order valence-electron chi connectivity index (χ1n) is 4.78. The van der Waals surface area contributed by atoms with Crippen LogP contribution in [0.5, 0.6) is 0 Å². The van der Waals surface area contributed by atoms with Gasteiger partial charge in [0, 0.05) is 12.5 Å². The highest BCUT2D eigenvalue weighted by molar-refractivity contribution is 5.77. The number of carbonyl (C=O) groups excluding carboxylic acids is 1. The summed E-state index contributed by atoms with van der Waals surface area (Å²) in [6.45, 7) is 2.92. The van der Waals surface area contributed by atoms with Crippen LogP contribution in [-0.4, -0.2) is 41.0 Å². The third-order valence-electron chi connectivity index (χ3n) is 2.64. The Morgan fingerprint density at radius 1 is 1.64 bits per heavy atom. The van der Waals surface area contributed by atoms with Crippen LogP contribution in [0.3, 0.4) is 0 Å². The number of carboxylic acids is 1. The summed E-state index contributed by atoms with van der Waals surface area (Å²) in [4.78, 5) is 23.4. The smallest absolute Gasteiger partial charge is 0.320 e. The van der Waals surface area contributed by atoms with Crippen LogP contribution in [0.4, 0.5) is 0 Å². The van der Waals surface area contributed by atoms with Crippen LogP contribution < -0.4 is 5.73 Å². The molecule has 2 atom stereocenters. The minimum atomic E-state index is -0.806. The first kappa shape index (κ1) is 11.0. The Labute approximate surface area is 82.9 Å². The van der Waals surface area contributed by atoms with Crippen LogP contribution in [-0.2, 0) is 9.59 Å². The highest BCUT2D eigenvalue weighted by Gasteiger charge is 2.31. The van der Waals surface area contributed by atoms with Gasteiger partial charge in [0.05, 0.1) is 0 Å². The molecule has 1 aliphatic heterocycles. The molecule has 5 nitrogen and oxygen atoms in total. The number of nitrogens with zero attached hydrogens (tertiary/aromatic N) is 1. The number of likely N-dealkylation sites (tertiary alicyclic amines) is 1. The molecule has 0 aromatic rings. The maximum absolute atomic E-state index is 10.8. The maximum atomic E-state index is 10.8. The summed E-state index contributed by atoms with van der Waals surface area (Å²) in [5.74, 6) is -1.46. The molecule has 1 rings (SSSR count). The van der Waals surface area contributed by atoms with Gasteiger partial charge in [-0.15, -0.1) is 0 Å². The van der Waals surface area contributed by atoms with Crippen LogP contribution >= 0.6 is 0 Å². The second-order valence-corrected chi connectivity index (χ2v) is 3.79. The molecule has 0 aromatic heterocycles. The van der Waals surface area contributed by atoms with E-state index in [0.717, 1.165) is 13.0 Å². The zero-order valence-electron chi connectivity index (χ0n) is 8.27. The lowest BCUT2D eigenvalue weighted by Gasteiger charge is -2.23. The summed E-state index contributed by atoms with van der Waals surface area (Å²) in [7, 11) is 0. The van der Waals surface area contributed by atoms with E-state index in [0.29, 0.717) is 13.0 Å². The molecular weight excluding hydrogens is 184 g/mol. The predicted octanol–water partition coefficient (Wildman–Crippen LogP) is -0.343. The Balaban J connectivity index is 2.51. The van der Waals surface area contributed by atoms with Crippen molar-refractivity contribution in [1.29, 1.82) is 0 Å². The minimum absolute atomic E-state index is 0.282. The van der Waals surface area contributed by atoms with Crippen molar-refractivity contribution in [2.24, 2.45) is 11.7 Å². The van der Waals surface area contributed by atoms with E-state index in [9.17, 15) is 9.59 Å². The molecule has 80 valence electrons. The third-order valence-corrected chi connectivity index (χ3v) is 2.64. The Hall–Kier alpha value is -1.10. The van der Waals surface area contributed by atoms with Crippen molar-refractivity contribution in [2.45, 2.75) is 25.8 Å². The average Bonchev–Trinajstić information content (AvgIpc) is 2.52. The van der Waals surface area contributed by atoms with Crippen molar-refractivity contribution in [3.05, 3.63) is 0 Å². The largest absolute Gasteiger partial charge is 0.480 e. The van der Waals surface area contributed by atoms with Gasteiger partial charge in [-0.25, -0.2) is 0 Å². The number of hydrogen-bond donors (Lipinski definition) is 2. The van der Waals surface area contributed by atoms with Crippen LogP contribution in [0.2, 0.25) is 0 Å². The molecular formula is C9H16N2O3. The fourth-order valence-corrected chi connectivity index (χ4v) is 1.77. The summed E-state index contributed by atoms with van der Waals surface area (Å²) in [5, 5.41) is 8.88. The number of carbonyl (C=O) groups is 2. The number of carboxylic acid groups (broad SMARTS) is 1. The van der Waals surface area contributed by atoms with Gasteiger partial charge in [-0.2, -0.15) is 0 Å². The van der Waals surface area contributed by atoms with Crippen LogP contribution in [0.1, 0.15) is 19.8 Å². The van der Waals surface area contributed by atoms with Gasteiger partial charge < -0.3 is 10.8 Å². The lowest BCUT2D eigenvalue weighted by molar-refractivity contribution is -0.142. The van der Waals surface area contributed by atoms with Crippen LogP contribution in [0, 0.1) is 5.92 Å². The van der Waals surface area contributed by atoms with Crippen molar-refractivity contribution in [3.8, 4) is 0 Å². The van der Waals surface area contributed by atoms with Crippen molar-refractivity contribution in [1.82, 2.24) is 4.90 Å². The predicted molar refractivity (Wildman–Crippen MR) is 50.6 cm³/mol. The lowest BCUT2D eigenvalue weighted by Crippen LogP contribution is -2.41. The highest BCUT2D eigenvalue weighted by Crippen LogP contribution is 2.18. The van der Waals surface area contributed by atoms with Gasteiger partial charge in [0.1, 0.15) is 6.04 Å². The molecule has 1 heterocycles. The van der Waals surface area contributed by atoms with E-state index in [1.54, 1.807) is 6.92 Å². The summed E-state index contributed by atoms with van der Waals surface area (Å²) in [5.41, 5.74) is 5.12. The van der Waals surface area contributed by atoms with Crippen molar-refractivity contribution < 1.29 is 14.7 Å². The van der Waals surface area contributed by atoms with Gasteiger partial charge in [0.15, 0.2) is 0 Å².